The van der Waals surface area contributed by atoms with Crippen LogP contribution < -0.4 is 0 Å². The molecule has 1 aliphatic rings. The number of hydrogen-bond acceptors (Lipinski definition) is 6. The number of carbonyl (C=O) groups is 2. The van der Waals surface area contributed by atoms with E-state index in [4.69, 9.17) is 0 Å². The van der Waals surface area contributed by atoms with E-state index in [2.05, 4.69) is 4.74 Å². The fourth-order valence-electron chi connectivity index (χ4n) is 3.04. The van der Waals surface area contributed by atoms with E-state index in [0.29, 0.717) is 24.4 Å². The molecular formula is C21H28O4S2. The maximum atomic E-state index is 12.2. The minimum atomic E-state index is -0.525. The van der Waals surface area contributed by atoms with Crippen molar-refractivity contribution < 1.29 is 19.4 Å². The third-order valence-corrected chi connectivity index (χ3v) is 6.99. The average molecular weight is 409 g/mol. The fourth-order valence-corrected chi connectivity index (χ4v) is 5.34. The van der Waals surface area contributed by atoms with Crippen molar-refractivity contribution in [2.75, 3.05) is 24.4 Å². The first-order chi connectivity index (χ1) is 13.1. The van der Waals surface area contributed by atoms with Gasteiger partial charge in [-0.2, -0.15) is 11.8 Å². The van der Waals surface area contributed by atoms with Crippen LogP contribution >= 0.6 is 23.5 Å². The summed E-state index contributed by atoms with van der Waals surface area (Å²) in [5.74, 6) is 2.50. The molecule has 1 aromatic carbocycles. The zero-order valence-electron chi connectivity index (χ0n) is 15.7. The molecule has 1 aliphatic carbocycles. The molecule has 3 atom stereocenters. The zero-order chi connectivity index (χ0) is 19.5. The third-order valence-electron chi connectivity index (χ3n) is 4.48. The SMILES string of the molecule is COC(=O)CSCCCS[C@H]1C(=O)CC[C@@H]1C=C[C@H](O)Cc1ccccc1. The predicted octanol–water partition coefficient (Wildman–Crippen LogP) is 3.52. The number of carbonyl (C=O) groups excluding carboxylic acids is 2. The molecule has 0 unspecified atom stereocenters. The lowest BCUT2D eigenvalue weighted by atomic mass is 10.0. The van der Waals surface area contributed by atoms with E-state index < -0.39 is 6.10 Å². The van der Waals surface area contributed by atoms with E-state index in [1.54, 1.807) is 23.5 Å². The predicted molar refractivity (Wildman–Crippen MR) is 113 cm³/mol. The Labute approximate surface area is 170 Å². The van der Waals surface area contributed by atoms with Crippen LogP contribution in [-0.4, -0.2) is 52.6 Å². The Morgan fingerprint density at radius 2 is 2.11 bits per heavy atom. The molecule has 1 aromatic rings. The molecule has 0 heterocycles. The number of aliphatic hydroxyl groups excluding tert-OH is 1. The topological polar surface area (TPSA) is 63.6 Å². The van der Waals surface area contributed by atoms with Gasteiger partial charge in [-0.3, -0.25) is 9.59 Å². The van der Waals surface area contributed by atoms with Crippen LogP contribution in [0.5, 0.6) is 0 Å². The number of ketones is 1. The summed E-state index contributed by atoms with van der Waals surface area (Å²) in [4.78, 5) is 23.2. The van der Waals surface area contributed by atoms with Gasteiger partial charge in [0.15, 0.2) is 0 Å². The van der Waals surface area contributed by atoms with Crippen LogP contribution in [0.3, 0.4) is 0 Å². The number of esters is 1. The number of rotatable bonds is 11. The molecule has 0 spiro atoms. The molecule has 0 bridgehead atoms. The summed E-state index contributed by atoms with van der Waals surface area (Å²) in [6, 6.07) is 9.92. The highest BCUT2D eigenvalue weighted by Gasteiger charge is 2.33. The van der Waals surface area contributed by atoms with E-state index in [1.807, 2.05) is 42.5 Å². The second-order valence-corrected chi connectivity index (χ2v) is 8.94. The van der Waals surface area contributed by atoms with Crippen LogP contribution in [0.15, 0.2) is 42.5 Å². The van der Waals surface area contributed by atoms with Gasteiger partial charge in [-0.15, -0.1) is 11.8 Å². The maximum absolute atomic E-state index is 12.2. The summed E-state index contributed by atoms with van der Waals surface area (Å²) in [7, 11) is 1.40. The normalized spacial score (nSPS) is 20.9. The molecule has 0 aromatic heterocycles. The number of hydrogen-bond donors (Lipinski definition) is 1. The number of methoxy groups -OCH3 is 1. The molecule has 0 aliphatic heterocycles. The van der Waals surface area contributed by atoms with E-state index in [1.165, 1.54) is 7.11 Å². The minimum Gasteiger partial charge on any atom is -0.468 e. The average Bonchev–Trinajstić information content (AvgIpc) is 3.03. The van der Waals surface area contributed by atoms with Crippen molar-refractivity contribution in [3.63, 3.8) is 0 Å². The monoisotopic (exact) mass is 408 g/mol. The first-order valence-electron chi connectivity index (χ1n) is 9.29. The molecule has 6 heteroatoms. The Hall–Kier alpha value is -1.24. The van der Waals surface area contributed by atoms with Crippen molar-refractivity contribution in [2.45, 2.75) is 37.0 Å². The number of ether oxygens (including phenoxy) is 1. The Morgan fingerprint density at radius 3 is 2.85 bits per heavy atom. The van der Waals surface area contributed by atoms with E-state index in [9.17, 15) is 14.7 Å². The summed E-state index contributed by atoms with van der Waals surface area (Å²) in [5, 5.41) is 10.2. The number of Topliss-reactive ketones (excluding diaryl/α,β-unsaturated/α-hetero) is 1. The summed E-state index contributed by atoms with van der Waals surface area (Å²) in [6.45, 7) is 0. The van der Waals surface area contributed by atoms with Crippen molar-refractivity contribution in [2.24, 2.45) is 5.92 Å². The third kappa shape index (κ3) is 8.11. The summed E-state index contributed by atoms with van der Waals surface area (Å²) in [6.07, 6.45) is 6.39. The Kier molecular flexibility index (Phi) is 10.0. The highest BCUT2D eigenvalue weighted by molar-refractivity contribution is 8.01. The van der Waals surface area contributed by atoms with Gasteiger partial charge < -0.3 is 9.84 Å². The number of aliphatic hydroxyl groups is 1. The number of benzene rings is 1. The fraction of sp³-hybridized carbons (Fsp3) is 0.524. The van der Waals surface area contributed by atoms with Crippen LogP contribution in [0, 0.1) is 5.92 Å². The van der Waals surface area contributed by atoms with Crippen molar-refractivity contribution in [1.82, 2.24) is 0 Å². The minimum absolute atomic E-state index is 0.00391. The van der Waals surface area contributed by atoms with Crippen molar-refractivity contribution in [3.05, 3.63) is 48.0 Å². The second kappa shape index (κ2) is 12.3. The van der Waals surface area contributed by atoms with Crippen LogP contribution in [0.1, 0.15) is 24.8 Å². The molecule has 1 N–H and O–H groups in total. The maximum Gasteiger partial charge on any atom is 0.315 e. The van der Waals surface area contributed by atoms with Gasteiger partial charge in [0, 0.05) is 12.8 Å². The van der Waals surface area contributed by atoms with Crippen LogP contribution in [-0.2, 0) is 20.7 Å². The number of thioether (sulfide) groups is 2. The van der Waals surface area contributed by atoms with Gasteiger partial charge in [0.25, 0.3) is 0 Å². The van der Waals surface area contributed by atoms with Gasteiger partial charge in [0.05, 0.1) is 24.2 Å². The van der Waals surface area contributed by atoms with Gasteiger partial charge in [0.2, 0.25) is 0 Å². The van der Waals surface area contributed by atoms with Gasteiger partial charge in [-0.05, 0) is 35.8 Å². The Balaban J connectivity index is 1.72. The standard InChI is InChI=1S/C21H28O4S2/c1-25-20(24)15-26-12-5-13-27-21-17(9-11-19(21)23)8-10-18(22)14-16-6-3-2-4-7-16/h2-4,6-8,10,17-18,21-22H,5,9,11-15H2,1H3/t17-,18-,21+/m0/s1. The van der Waals surface area contributed by atoms with E-state index in [0.717, 1.165) is 29.9 Å². The lowest BCUT2D eigenvalue weighted by Crippen LogP contribution is -2.17. The van der Waals surface area contributed by atoms with Gasteiger partial charge >= 0.3 is 5.97 Å². The molecule has 2 rings (SSSR count). The van der Waals surface area contributed by atoms with Crippen LogP contribution in [0.4, 0.5) is 0 Å². The van der Waals surface area contributed by atoms with Crippen molar-refractivity contribution >= 4 is 35.3 Å². The zero-order valence-corrected chi connectivity index (χ0v) is 17.3. The van der Waals surface area contributed by atoms with Crippen LogP contribution in [0.25, 0.3) is 0 Å². The molecule has 0 radical (unpaired) electrons. The molecule has 4 nitrogen and oxygen atoms in total. The smallest absolute Gasteiger partial charge is 0.315 e. The van der Waals surface area contributed by atoms with E-state index in [-0.39, 0.29) is 17.1 Å². The highest BCUT2D eigenvalue weighted by Crippen LogP contribution is 2.34. The summed E-state index contributed by atoms with van der Waals surface area (Å²) < 4.78 is 4.61. The Bertz CT molecular complexity index is 618. The molecule has 1 saturated carbocycles. The Morgan fingerprint density at radius 1 is 1.33 bits per heavy atom. The largest absolute Gasteiger partial charge is 0.468 e. The summed E-state index contributed by atoms with van der Waals surface area (Å²) in [5.41, 5.74) is 1.10. The molecular weight excluding hydrogens is 380 g/mol. The highest BCUT2D eigenvalue weighted by atomic mass is 32.2. The first kappa shape index (κ1) is 22.1. The number of allylic oxidation sites excluding steroid dienone is 1. The first-order valence-corrected chi connectivity index (χ1v) is 11.5. The quantitative estimate of drug-likeness (QED) is 0.343. The van der Waals surface area contributed by atoms with Gasteiger partial charge in [0.1, 0.15) is 5.78 Å². The lowest BCUT2D eigenvalue weighted by molar-refractivity contribution is -0.137. The van der Waals surface area contributed by atoms with Crippen molar-refractivity contribution in [1.29, 1.82) is 0 Å². The molecule has 27 heavy (non-hydrogen) atoms. The molecule has 0 amide bonds. The van der Waals surface area contributed by atoms with Gasteiger partial charge in [-0.1, -0.05) is 42.5 Å². The molecule has 1 fully saturated rings. The van der Waals surface area contributed by atoms with Crippen LogP contribution in [0.2, 0.25) is 0 Å². The lowest BCUT2D eigenvalue weighted by Gasteiger charge is -2.15. The molecule has 0 saturated heterocycles. The van der Waals surface area contributed by atoms with E-state index >= 15 is 0 Å². The molecule has 148 valence electrons. The van der Waals surface area contributed by atoms with Crippen molar-refractivity contribution in [3.8, 4) is 0 Å². The van der Waals surface area contributed by atoms with Gasteiger partial charge in [-0.25, -0.2) is 0 Å². The summed E-state index contributed by atoms with van der Waals surface area (Å²) >= 11 is 3.27. The second-order valence-electron chi connectivity index (χ2n) is 6.58.